The summed E-state index contributed by atoms with van der Waals surface area (Å²) >= 11 is 0. The number of nitrogens with zero attached hydrogens (tertiary/aromatic N) is 4. The van der Waals surface area contributed by atoms with E-state index in [4.69, 9.17) is 18.7 Å². The monoisotopic (exact) mass is 521 g/mol. The van der Waals surface area contributed by atoms with E-state index >= 15 is 0 Å². The highest BCUT2D eigenvalue weighted by Crippen LogP contribution is 2.23. The standard InChI is InChI=1S/C25H23N5O8/c1-14(17-4-6-18(7-5-17)36-13-20-9-11-22(38-20)25(32)33)26-27-24(31)21-10-8-19(37-21)12-29-16(3)23(30(34)35)15(2)28-29/h4-11H,12-13H2,1-3H3,(H,27,31)(H,32,33)/b26-14+. The molecular formula is C25H23N5O8. The van der Waals surface area contributed by atoms with Crippen molar-refractivity contribution in [2.75, 3.05) is 0 Å². The Morgan fingerprint density at radius 2 is 1.74 bits per heavy atom. The van der Waals surface area contributed by atoms with Crippen LogP contribution in [0.25, 0.3) is 0 Å². The van der Waals surface area contributed by atoms with Gasteiger partial charge in [-0.1, -0.05) is 0 Å². The number of carbonyl (C=O) groups is 2. The second kappa shape index (κ2) is 10.8. The van der Waals surface area contributed by atoms with E-state index in [1.54, 1.807) is 51.1 Å². The first-order valence-corrected chi connectivity index (χ1v) is 11.3. The van der Waals surface area contributed by atoms with E-state index in [-0.39, 0.29) is 30.4 Å². The lowest BCUT2D eigenvalue weighted by Gasteiger charge is -2.06. The zero-order valence-electron chi connectivity index (χ0n) is 20.6. The van der Waals surface area contributed by atoms with Gasteiger partial charge in [-0.2, -0.15) is 10.2 Å². The molecule has 0 saturated heterocycles. The number of rotatable bonds is 10. The van der Waals surface area contributed by atoms with Crippen LogP contribution in [0.1, 0.15) is 56.5 Å². The SMILES string of the molecule is C/C(=N\NC(=O)c1ccc(Cn2nc(C)c([N+](=O)[O-])c2C)o1)c1ccc(OCc2ccc(C(=O)O)o2)cc1. The maximum atomic E-state index is 12.5. The second-order valence-corrected chi connectivity index (χ2v) is 8.22. The summed E-state index contributed by atoms with van der Waals surface area (Å²) in [7, 11) is 0. The molecule has 0 aliphatic rings. The molecule has 1 aromatic carbocycles. The van der Waals surface area contributed by atoms with Gasteiger partial charge in [0.25, 0.3) is 0 Å². The second-order valence-electron chi connectivity index (χ2n) is 8.22. The Labute approximate surface area is 215 Å². The van der Waals surface area contributed by atoms with Gasteiger partial charge in [-0.3, -0.25) is 19.6 Å². The van der Waals surface area contributed by atoms with Crippen molar-refractivity contribution in [3.05, 3.63) is 98.6 Å². The molecule has 0 aliphatic heterocycles. The van der Waals surface area contributed by atoms with Crippen LogP contribution in [0, 0.1) is 24.0 Å². The van der Waals surface area contributed by atoms with Crippen LogP contribution in [0.5, 0.6) is 5.75 Å². The third-order valence-corrected chi connectivity index (χ3v) is 5.57. The molecule has 38 heavy (non-hydrogen) atoms. The topological polar surface area (TPSA) is 175 Å². The number of nitro groups is 1. The van der Waals surface area contributed by atoms with Crippen molar-refractivity contribution in [1.82, 2.24) is 15.2 Å². The van der Waals surface area contributed by atoms with Crippen molar-refractivity contribution in [2.45, 2.75) is 33.9 Å². The van der Waals surface area contributed by atoms with E-state index in [1.807, 2.05) is 0 Å². The molecule has 196 valence electrons. The zero-order chi connectivity index (χ0) is 27.4. The first-order valence-electron chi connectivity index (χ1n) is 11.3. The largest absolute Gasteiger partial charge is 0.486 e. The average molecular weight is 521 g/mol. The molecule has 4 rings (SSSR count). The summed E-state index contributed by atoms with van der Waals surface area (Å²) in [6.07, 6.45) is 0. The van der Waals surface area contributed by atoms with E-state index in [9.17, 15) is 19.7 Å². The highest BCUT2D eigenvalue weighted by atomic mass is 16.6. The molecule has 13 heteroatoms. The van der Waals surface area contributed by atoms with Crippen LogP contribution < -0.4 is 10.2 Å². The third-order valence-electron chi connectivity index (χ3n) is 5.57. The Morgan fingerprint density at radius 1 is 1.08 bits per heavy atom. The van der Waals surface area contributed by atoms with Crippen LogP contribution in [-0.4, -0.2) is 37.4 Å². The number of aryl methyl sites for hydroxylation is 1. The van der Waals surface area contributed by atoms with Crippen LogP contribution in [0.4, 0.5) is 5.69 Å². The highest BCUT2D eigenvalue weighted by Gasteiger charge is 2.22. The summed E-state index contributed by atoms with van der Waals surface area (Å²) in [6, 6.07) is 12.9. The van der Waals surface area contributed by atoms with Crippen LogP contribution >= 0.6 is 0 Å². The number of furan rings is 2. The summed E-state index contributed by atoms with van der Waals surface area (Å²) in [4.78, 5) is 34.1. The lowest BCUT2D eigenvalue weighted by molar-refractivity contribution is -0.386. The van der Waals surface area contributed by atoms with Gasteiger partial charge >= 0.3 is 17.6 Å². The molecule has 1 amide bonds. The lowest BCUT2D eigenvalue weighted by atomic mass is 10.1. The van der Waals surface area contributed by atoms with Gasteiger partial charge in [0.1, 0.15) is 35.3 Å². The maximum absolute atomic E-state index is 12.5. The molecule has 3 heterocycles. The van der Waals surface area contributed by atoms with Crippen molar-refractivity contribution in [1.29, 1.82) is 0 Å². The number of hydrogen-bond donors (Lipinski definition) is 2. The lowest BCUT2D eigenvalue weighted by Crippen LogP contribution is -2.18. The number of hydrazone groups is 1. The minimum atomic E-state index is -1.15. The van der Waals surface area contributed by atoms with Gasteiger partial charge in [-0.15, -0.1) is 0 Å². The average Bonchev–Trinajstić information content (AvgIpc) is 3.61. The minimum absolute atomic E-state index is 0.0281. The molecule has 0 bridgehead atoms. The summed E-state index contributed by atoms with van der Waals surface area (Å²) in [6.45, 7) is 5.07. The molecule has 3 aromatic heterocycles. The quantitative estimate of drug-likeness (QED) is 0.177. The molecule has 0 spiro atoms. The number of aromatic carboxylic acids is 1. The van der Waals surface area contributed by atoms with Crippen LogP contribution in [0.3, 0.4) is 0 Å². The summed E-state index contributed by atoms with van der Waals surface area (Å²) < 4.78 is 17.8. The molecule has 0 aliphatic carbocycles. The van der Waals surface area contributed by atoms with Crippen LogP contribution in [-0.2, 0) is 13.2 Å². The van der Waals surface area contributed by atoms with E-state index in [0.29, 0.717) is 34.4 Å². The summed E-state index contributed by atoms with van der Waals surface area (Å²) in [5, 5.41) is 28.4. The van der Waals surface area contributed by atoms with Crippen molar-refractivity contribution in [3.63, 3.8) is 0 Å². The fourth-order valence-corrected chi connectivity index (χ4v) is 3.61. The van der Waals surface area contributed by atoms with Crippen molar-refractivity contribution < 1.29 is 33.2 Å². The van der Waals surface area contributed by atoms with Crippen LogP contribution in [0.2, 0.25) is 0 Å². The number of hydrogen-bond acceptors (Lipinski definition) is 9. The number of benzene rings is 1. The number of carbonyl (C=O) groups excluding carboxylic acids is 1. The Bertz CT molecular complexity index is 1530. The Morgan fingerprint density at radius 3 is 2.37 bits per heavy atom. The highest BCUT2D eigenvalue weighted by molar-refractivity contribution is 6.00. The van der Waals surface area contributed by atoms with Crippen molar-refractivity contribution in [2.24, 2.45) is 5.10 Å². The molecule has 4 aromatic rings. The summed E-state index contributed by atoms with van der Waals surface area (Å²) in [5.41, 5.74) is 4.34. The number of aromatic nitrogens is 2. The predicted molar refractivity (Wildman–Crippen MR) is 132 cm³/mol. The molecular weight excluding hydrogens is 498 g/mol. The molecule has 2 N–H and O–H groups in total. The van der Waals surface area contributed by atoms with Gasteiger partial charge in [0.2, 0.25) is 5.76 Å². The number of carboxylic acid groups (broad SMARTS) is 1. The molecule has 0 fully saturated rings. The minimum Gasteiger partial charge on any atom is -0.486 e. The van der Waals surface area contributed by atoms with Gasteiger partial charge < -0.3 is 18.7 Å². The predicted octanol–water partition coefficient (Wildman–Crippen LogP) is 4.07. The van der Waals surface area contributed by atoms with Gasteiger partial charge in [0, 0.05) is 0 Å². The van der Waals surface area contributed by atoms with Crippen molar-refractivity contribution >= 4 is 23.3 Å². The number of amides is 1. The van der Waals surface area contributed by atoms with E-state index in [2.05, 4.69) is 15.6 Å². The Balaban J connectivity index is 1.33. The molecule has 13 nitrogen and oxygen atoms in total. The number of ether oxygens (including phenoxy) is 1. The zero-order valence-corrected chi connectivity index (χ0v) is 20.6. The number of carboxylic acids is 1. The van der Waals surface area contributed by atoms with Gasteiger partial charge in [0.15, 0.2) is 5.76 Å². The Hall–Kier alpha value is -5.20. The van der Waals surface area contributed by atoms with E-state index < -0.39 is 16.8 Å². The normalized spacial score (nSPS) is 11.4. The smallest absolute Gasteiger partial charge is 0.371 e. The van der Waals surface area contributed by atoms with E-state index in [0.717, 1.165) is 5.56 Å². The van der Waals surface area contributed by atoms with Gasteiger partial charge in [-0.05, 0) is 74.9 Å². The van der Waals surface area contributed by atoms with Crippen molar-refractivity contribution in [3.8, 4) is 5.75 Å². The maximum Gasteiger partial charge on any atom is 0.371 e. The fourth-order valence-electron chi connectivity index (χ4n) is 3.61. The molecule has 0 saturated carbocycles. The fraction of sp³-hybridized carbons (Fsp3) is 0.200. The molecule has 0 unspecified atom stereocenters. The van der Waals surface area contributed by atoms with Crippen LogP contribution in [0.15, 0.2) is 62.5 Å². The van der Waals surface area contributed by atoms with Gasteiger partial charge in [0.05, 0.1) is 17.2 Å². The molecule has 0 radical (unpaired) electrons. The summed E-state index contributed by atoms with van der Waals surface area (Å²) in [5.74, 6) is -0.523. The third kappa shape index (κ3) is 5.78. The number of nitrogens with one attached hydrogen (secondary N) is 1. The first kappa shape index (κ1) is 25.9. The molecule has 0 atom stereocenters. The Kier molecular flexibility index (Phi) is 7.37. The first-order chi connectivity index (χ1) is 18.1. The van der Waals surface area contributed by atoms with Gasteiger partial charge in [-0.25, -0.2) is 10.2 Å². The van der Waals surface area contributed by atoms with E-state index in [1.165, 1.54) is 22.9 Å².